The Hall–Kier alpha value is -0.790. The molecule has 0 radical (unpaired) electrons. The summed E-state index contributed by atoms with van der Waals surface area (Å²) in [7, 11) is 0. The van der Waals surface area contributed by atoms with Crippen molar-refractivity contribution < 1.29 is 9.53 Å². The van der Waals surface area contributed by atoms with Gasteiger partial charge in [0.2, 0.25) is 0 Å². The van der Waals surface area contributed by atoms with Crippen molar-refractivity contribution in [1.29, 1.82) is 0 Å². The zero-order valence-corrected chi connectivity index (χ0v) is 17.4. The van der Waals surface area contributed by atoms with Gasteiger partial charge in [-0.3, -0.25) is 0 Å². The average molecular weight is 363 g/mol. The van der Waals surface area contributed by atoms with Crippen molar-refractivity contribution in [2.75, 3.05) is 6.61 Å². The van der Waals surface area contributed by atoms with Crippen molar-refractivity contribution in [3.63, 3.8) is 0 Å². The van der Waals surface area contributed by atoms with Crippen LogP contribution < -0.4 is 0 Å². The van der Waals surface area contributed by atoms with Crippen molar-refractivity contribution in [1.82, 2.24) is 0 Å². The zero-order chi connectivity index (χ0) is 18.6. The Morgan fingerprint density at radius 3 is 2.08 bits per heavy atom. The first-order valence-electron chi connectivity index (χ1n) is 11.6. The predicted molar refractivity (Wildman–Crippen MR) is 110 cm³/mol. The first-order chi connectivity index (χ1) is 12.7. The molecule has 0 unspecified atom stereocenters. The lowest BCUT2D eigenvalue weighted by molar-refractivity contribution is -0.137. The third-order valence-corrected chi connectivity index (χ3v) is 6.84. The van der Waals surface area contributed by atoms with Gasteiger partial charge in [-0.15, -0.1) is 0 Å². The second-order valence-corrected chi connectivity index (χ2v) is 8.83. The van der Waals surface area contributed by atoms with Crippen LogP contribution in [0.15, 0.2) is 12.2 Å². The van der Waals surface area contributed by atoms with Crippen LogP contribution >= 0.6 is 0 Å². The number of carbonyl (C=O) groups is 1. The van der Waals surface area contributed by atoms with Crippen LogP contribution in [0.1, 0.15) is 104 Å². The minimum absolute atomic E-state index is 0.145. The molecule has 2 aliphatic rings. The maximum absolute atomic E-state index is 11.8. The molecule has 0 aromatic heterocycles. The molecule has 2 nitrogen and oxygen atoms in total. The van der Waals surface area contributed by atoms with Gasteiger partial charge in [-0.2, -0.15) is 0 Å². The molecule has 26 heavy (non-hydrogen) atoms. The number of ether oxygens (including phenoxy) is 1. The molecular formula is C24H42O2. The van der Waals surface area contributed by atoms with Gasteiger partial charge < -0.3 is 4.74 Å². The monoisotopic (exact) mass is 362 g/mol. The summed E-state index contributed by atoms with van der Waals surface area (Å²) in [5.41, 5.74) is 0. The summed E-state index contributed by atoms with van der Waals surface area (Å²) in [4.78, 5) is 11.8. The van der Waals surface area contributed by atoms with Crippen LogP contribution in [0.25, 0.3) is 0 Å². The number of carbonyl (C=O) groups excluding carboxylic acids is 1. The first-order valence-corrected chi connectivity index (χ1v) is 11.6. The van der Waals surface area contributed by atoms with E-state index in [0.29, 0.717) is 12.5 Å². The van der Waals surface area contributed by atoms with E-state index < -0.39 is 0 Å². The van der Waals surface area contributed by atoms with Crippen molar-refractivity contribution in [3.05, 3.63) is 12.2 Å². The molecule has 0 saturated heterocycles. The van der Waals surface area contributed by atoms with Crippen molar-refractivity contribution in [2.45, 2.75) is 104 Å². The topological polar surface area (TPSA) is 26.3 Å². The van der Waals surface area contributed by atoms with Crippen LogP contribution in [-0.4, -0.2) is 12.6 Å². The molecule has 0 spiro atoms. The number of hydrogen-bond acceptors (Lipinski definition) is 2. The van der Waals surface area contributed by atoms with Gasteiger partial charge in [-0.05, 0) is 68.6 Å². The average Bonchev–Trinajstić information content (AvgIpc) is 2.69. The van der Waals surface area contributed by atoms with Crippen molar-refractivity contribution in [3.8, 4) is 0 Å². The molecule has 150 valence electrons. The Balaban J connectivity index is 1.60. The predicted octanol–water partition coefficient (Wildman–Crippen LogP) is 7.08. The molecule has 0 N–H and O–H groups in total. The quantitative estimate of drug-likeness (QED) is 0.236. The lowest BCUT2D eigenvalue weighted by Crippen LogP contribution is -2.25. The highest BCUT2D eigenvalue weighted by Crippen LogP contribution is 2.42. The molecule has 0 bridgehead atoms. The van der Waals surface area contributed by atoms with Gasteiger partial charge in [0.1, 0.15) is 0 Å². The number of esters is 1. The van der Waals surface area contributed by atoms with Gasteiger partial charge >= 0.3 is 5.97 Å². The van der Waals surface area contributed by atoms with E-state index in [1.165, 1.54) is 70.6 Å². The molecular weight excluding hydrogens is 320 g/mol. The fourth-order valence-electron chi connectivity index (χ4n) is 5.04. The van der Waals surface area contributed by atoms with Crippen LogP contribution in [0.3, 0.4) is 0 Å². The summed E-state index contributed by atoms with van der Waals surface area (Å²) < 4.78 is 5.26. The van der Waals surface area contributed by atoms with Crippen molar-refractivity contribution >= 4 is 5.97 Å². The highest BCUT2D eigenvalue weighted by atomic mass is 16.5. The van der Waals surface area contributed by atoms with E-state index in [2.05, 4.69) is 19.9 Å². The highest BCUT2D eigenvalue weighted by molar-refractivity contribution is 5.81. The maximum Gasteiger partial charge on any atom is 0.330 e. The summed E-state index contributed by atoms with van der Waals surface area (Å²) in [5, 5.41) is 0. The zero-order valence-electron chi connectivity index (χ0n) is 17.4. The Morgan fingerprint density at radius 2 is 1.46 bits per heavy atom. The van der Waals surface area contributed by atoms with Crippen molar-refractivity contribution in [2.24, 2.45) is 23.7 Å². The maximum atomic E-state index is 11.8. The van der Waals surface area contributed by atoms with Crippen LogP contribution in [0, 0.1) is 23.7 Å². The minimum atomic E-state index is -0.145. The van der Waals surface area contributed by atoms with E-state index in [4.69, 9.17) is 4.74 Å². The third kappa shape index (κ3) is 7.84. The summed E-state index contributed by atoms with van der Waals surface area (Å²) >= 11 is 0. The van der Waals surface area contributed by atoms with E-state index in [1.54, 1.807) is 6.08 Å². The van der Waals surface area contributed by atoms with Crippen LogP contribution in [0.5, 0.6) is 0 Å². The molecule has 2 fully saturated rings. The van der Waals surface area contributed by atoms with E-state index in [-0.39, 0.29) is 5.97 Å². The van der Waals surface area contributed by atoms with E-state index in [1.807, 2.05) is 0 Å². The van der Waals surface area contributed by atoms with Gasteiger partial charge in [0.05, 0.1) is 6.61 Å². The summed E-state index contributed by atoms with van der Waals surface area (Å²) in [5.74, 6) is 3.41. The Labute approximate surface area is 162 Å². The molecule has 0 heterocycles. The lowest BCUT2D eigenvalue weighted by Gasteiger charge is -2.37. The normalized spacial score (nSPS) is 29.8. The number of hydrogen-bond donors (Lipinski definition) is 0. The van der Waals surface area contributed by atoms with E-state index >= 15 is 0 Å². The molecule has 2 aliphatic carbocycles. The van der Waals surface area contributed by atoms with Gasteiger partial charge in [-0.1, -0.05) is 64.9 Å². The van der Waals surface area contributed by atoms with Gasteiger partial charge in [-0.25, -0.2) is 4.79 Å². The van der Waals surface area contributed by atoms with Gasteiger partial charge in [0.15, 0.2) is 0 Å². The first kappa shape index (κ1) is 21.5. The summed E-state index contributed by atoms with van der Waals surface area (Å²) in [6, 6.07) is 0. The molecule has 0 aromatic carbocycles. The fraction of sp³-hybridized carbons (Fsp3) is 0.875. The molecule has 0 aliphatic heterocycles. The molecule has 0 atom stereocenters. The Bertz CT molecular complexity index is 398. The third-order valence-electron chi connectivity index (χ3n) is 6.84. The Kier molecular flexibility index (Phi) is 10.4. The second kappa shape index (κ2) is 12.6. The number of unbranched alkanes of at least 4 members (excludes halogenated alkanes) is 3. The highest BCUT2D eigenvalue weighted by Gasteiger charge is 2.30. The van der Waals surface area contributed by atoms with Crippen LogP contribution in [0.4, 0.5) is 0 Å². The smallest absolute Gasteiger partial charge is 0.330 e. The lowest BCUT2D eigenvalue weighted by atomic mass is 9.68. The molecule has 0 amide bonds. The number of allylic oxidation sites excluding steroid dienone is 1. The molecule has 2 saturated carbocycles. The van der Waals surface area contributed by atoms with Gasteiger partial charge in [0, 0.05) is 6.08 Å². The molecule has 2 rings (SSSR count). The fourth-order valence-corrected chi connectivity index (χ4v) is 5.04. The second-order valence-electron chi connectivity index (χ2n) is 8.83. The molecule has 2 heteroatoms. The Morgan fingerprint density at radius 1 is 0.846 bits per heavy atom. The minimum Gasteiger partial charge on any atom is -0.463 e. The van der Waals surface area contributed by atoms with E-state index in [0.717, 1.165) is 37.0 Å². The van der Waals surface area contributed by atoms with Gasteiger partial charge in [0.25, 0.3) is 0 Å². The van der Waals surface area contributed by atoms with Crippen LogP contribution in [-0.2, 0) is 9.53 Å². The SMILES string of the molecule is CCCCCOC(=O)C=C[C@H]1CC[C@H]([C@H]2CC[C@H](CCCC)CC2)CC1. The summed E-state index contributed by atoms with van der Waals surface area (Å²) in [6.07, 6.45) is 22.5. The van der Waals surface area contributed by atoms with Crippen LogP contribution in [0.2, 0.25) is 0 Å². The number of rotatable bonds is 10. The largest absolute Gasteiger partial charge is 0.463 e. The molecule has 0 aromatic rings. The standard InChI is InChI=1S/C24H42O2/c1-3-5-7-19-26-24(25)18-13-21-11-16-23(17-12-21)22-14-9-20(10-15-22)8-6-4-2/h13,18,20-23H,3-12,14-17,19H2,1-2H3/t20-,21-,22-,23-. The van der Waals surface area contributed by atoms with E-state index in [9.17, 15) is 4.79 Å². The summed E-state index contributed by atoms with van der Waals surface area (Å²) in [6.45, 7) is 5.05.